The van der Waals surface area contributed by atoms with Gasteiger partial charge in [-0.15, -0.1) is 0 Å². The Morgan fingerprint density at radius 3 is 2.47 bits per heavy atom. The predicted octanol–water partition coefficient (Wildman–Crippen LogP) is 4.45. The van der Waals surface area contributed by atoms with Crippen molar-refractivity contribution in [2.75, 3.05) is 18.4 Å². The first-order valence-corrected chi connectivity index (χ1v) is 8.57. The van der Waals surface area contributed by atoms with Crippen molar-refractivity contribution in [3.63, 3.8) is 0 Å². The number of alkyl halides is 1. The summed E-state index contributed by atoms with van der Waals surface area (Å²) in [4.78, 5) is 2.77. The van der Waals surface area contributed by atoms with Crippen LogP contribution in [0.15, 0.2) is 0 Å². The van der Waals surface area contributed by atoms with E-state index in [0.29, 0.717) is 5.41 Å². The van der Waals surface area contributed by atoms with Gasteiger partial charge in [0.1, 0.15) is 0 Å². The van der Waals surface area contributed by atoms with Gasteiger partial charge in [0, 0.05) is 17.9 Å². The summed E-state index contributed by atoms with van der Waals surface area (Å²) in [5, 5.41) is 1.21. The summed E-state index contributed by atoms with van der Waals surface area (Å²) in [6.07, 6.45) is 10.0. The average Bonchev–Trinajstić information content (AvgIpc) is 2.34. The lowest BCUT2D eigenvalue weighted by Gasteiger charge is -2.45. The van der Waals surface area contributed by atoms with Gasteiger partial charge >= 0.3 is 0 Å². The van der Waals surface area contributed by atoms with Gasteiger partial charge < -0.3 is 4.90 Å². The van der Waals surface area contributed by atoms with Crippen LogP contribution in [0.1, 0.15) is 58.8 Å². The van der Waals surface area contributed by atoms with Crippen molar-refractivity contribution >= 4 is 15.9 Å². The number of hydrogen-bond acceptors (Lipinski definition) is 1. The Morgan fingerprint density at radius 1 is 1.18 bits per heavy atom. The topological polar surface area (TPSA) is 3.24 Å². The monoisotopic (exact) mass is 301 g/mol. The molecule has 1 nitrogen and oxygen atoms in total. The van der Waals surface area contributed by atoms with Gasteiger partial charge in [-0.25, -0.2) is 0 Å². The molecule has 2 fully saturated rings. The average molecular weight is 302 g/mol. The van der Waals surface area contributed by atoms with E-state index in [-0.39, 0.29) is 0 Å². The van der Waals surface area contributed by atoms with Gasteiger partial charge in [0.15, 0.2) is 0 Å². The number of hydrogen-bond donors (Lipinski definition) is 0. The fourth-order valence-electron chi connectivity index (χ4n) is 3.76. The van der Waals surface area contributed by atoms with Gasteiger partial charge in [-0.3, -0.25) is 0 Å². The number of likely N-dealkylation sites (tertiary alicyclic amines) is 1. The second kappa shape index (κ2) is 6.06. The Labute approximate surface area is 115 Å². The van der Waals surface area contributed by atoms with E-state index in [1.165, 1.54) is 63.4 Å². The molecule has 1 saturated carbocycles. The molecule has 0 aromatic rings. The van der Waals surface area contributed by atoms with E-state index in [4.69, 9.17) is 0 Å². The Bertz CT molecular complexity index is 235. The number of piperidine rings is 1. The first kappa shape index (κ1) is 13.9. The standard InChI is InChI=1S/C15H28BrN/c1-13-6-9-17(14(2)10-13)12-15(11-16)7-4-3-5-8-15/h13-14H,3-12H2,1-2H3. The molecular weight excluding hydrogens is 274 g/mol. The third-order valence-electron chi connectivity index (χ3n) is 5.01. The van der Waals surface area contributed by atoms with E-state index in [2.05, 4.69) is 34.7 Å². The van der Waals surface area contributed by atoms with Gasteiger partial charge in [-0.1, -0.05) is 42.1 Å². The summed E-state index contributed by atoms with van der Waals surface area (Å²) in [7, 11) is 0. The van der Waals surface area contributed by atoms with Crippen molar-refractivity contribution in [1.82, 2.24) is 4.90 Å². The van der Waals surface area contributed by atoms with Crippen LogP contribution in [0.4, 0.5) is 0 Å². The lowest BCUT2D eigenvalue weighted by atomic mass is 9.74. The van der Waals surface area contributed by atoms with Crippen LogP contribution in [-0.2, 0) is 0 Å². The molecule has 0 spiro atoms. The maximum Gasteiger partial charge on any atom is 0.0100 e. The summed E-state index contributed by atoms with van der Waals surface area (Å²) in [6.45, 7) is 7.51. The van der Waals surface area contributed by atoms with Crippen molar-refractivity contribution in [3.05, 3.63) is 0 Å². The summed E-state index contributed by atoms with van der Waals surface area (Å²) in [5.41, 5.74) is 0.590. The zero-order valence-corrected chi connectivity index (χ0v) is 13.1. The molecule has 2 rings (SSSR count). The predicted molar refractivity (Wildman–Crippen MR) is 78.7 cm³/mol. The lowest BCUT2D eigenvalue weighted by Crippen LogP contribution is -2.47. The number of halogens is 1. The van der Waals surface area contributed by atoms with Crippen LogP contribution in [0, 0.1) is 11.3 Å². The van der Waals surface area contributed by atoms with Gasteiger partial charge in [0.05, 0.1) is 0 Å². The molecule has 0 aromatic carbocycles. The van der Waals surface area contributed by atoms with Crippen LogP contribution in [-0.4, -0.2) is 29.4 Å². The van der Waals surface area contributed by atoms with Crippen molar-refractivity contribution in [2.45, 2.75) is 64.8 Å². The molecule has 0 radical (unpaired) electrons. The fraction of sp³-hybridized carbons (Fsp3) is 1.00. The smallest absolute Gasteiger partial charge is 0.0100 e. The molecule has 100 valence electrons. The minimum atomic E-state index is 0.590. The Kier molecular flexibility index (Phi) is 4.94. The van der Waals surface area contributed by atoms with E-state index in [1.807, 2.05) is 0 Å². The third-order valence-corrected chi connectivity index (χ3v) is 6.20. The Hall–Kier alpha value is 0.440. The van der Waals surface area contributed by atoms with Crippen molar-refractivity contribution in [2.24, 2.45) is 11.3 Å². The molecule has 2 unspecified atom stereocenters. The molecule has 1 saturated heterocycles. The molecule has 0 aromatic heterocycles. The highest BCUT2D eigenvalue weighted by Crippen LogP contribution is 2.40. The van der Waals surface area contributed by atoms with E-state index < -0.39 is 0 Å². The quantitative estimate of drug-likeness (QED) is 0.696. The van der Waals surface area contributed by atoms with Crippen LogP contribution < -0.4 is 0 Å². The van der Waals surface area contributed by atoms with Crippen LogP contribution >= 0.6 is 15.9 Å². The SMILES string of the molecule is CC1CCN(CC2(CBr)CCCCC2)C(C)C1. The zero-order valence-electron chi connectivity index (χ0n) is 11.6. The van der Waals surface area contributed by atoms with Gasteiger partial charge in [0.2, 0.25) is 0 Å². The highest BCUT2D eigenvalue weighted by atomic mass is 79.9. The second-order valence-electron chi connectivity index (χ2n) is 6.64. The van der Waals surface area contributed by atoms with E-state index in [9.17, 15) is 0 Å². The summed E-state index contributed by atoms with van der Waals surface area (Å²) < 4.78 is 0. The molecular formula is C15H28BrN. The first-order chi connectivity index (χ1) is 8.15. The van der Waals surface area contributed by atoms with Gasteiger partial charge in [-0.05, 0) is 50.5 Å². The fourth-order valence-corrected chi connectivity index (χ4v) is 4.50. The minimum Gasteiger partial charge on any atom is -0.300 e. The molecule has 2 heteroatoms. The summed E-state index contributed by atoms with van der Waals surface area (Å²) in [5.74, 6) is 0.938. The van der Waals surface area contributed by atoms with Gasteiger partial charge in [-0.2, -0.15) is 0 Å². The molecule has 1 aliphatic carbocycles. The molecule has 0 bridgehead atoms. The van der Waals surface area contributed by atoms with Crippen molar-refractivity contribution < 1.29 is 0 Å². The molecule has 0 N–H and O–H groups in total. The third kappa shape index (κ3) is 3.47. The highest BCUT2D eigenvalue weighted by Gasteiger charge is 2.35. The van der Waals surface area contributed by atoms with Crippen LogP contribution in [0.25, 0.3) is 0 Å². The molecule has 1 heterocycles. The normalized spacial score (nSPS) is 34.8. The molecule has 1 aliphatic heterocycles. The maximum atomic E-state index is 3.80. The molecule has 2 atom stereocenters. The minimum absolute atomic E-state index is 0.590. The highest BCUT2D eigenvalue weighted by molar-refractivity contribution is 9.09. The first-order valence-electron chi connectivity index (χ1n) is 7.45. The second-order valence-corrected chi connectivity index (χ2v) is 7.20. The van der Waals surface area contributed by atoms with Crippen LogP contribution in [0.2, 0.25) is 0 Å². The molecule has 17 heavy (non-hydrogen) atoms. The molecule has 0 amide bonds. The summed E-state index contributed by atoms with van der Waals surface area (Å²) in [6, 6.07) is 0.802. The van der Waals surface area contributed by atoms with Crippen LogP contribution in [0.3, 0.4) is 0 Å². The number of nitrogens with zero attached hydrogens (tertiary/aromatic N) is 1. The van der Waals surface area contributed by atoms with Crippen molar-refractivity contribution in [3.8, 4) is 0 Å². The van der Waals surface area contributed by atoms with E-state index in [1.54, 1.807) is 0 Å². The Balaban J connectivity index is 1.93. The maximum absolute atomic E-state index is 3.80. The van der Waals surface area contributed by atoms with Crippen molar-refractivity contribution in [1.29, 1.82) is 0 Å². The Morgan fingerprint density at radius 2 is 1.88 bits per heavy atom. The largest absolute Gasteiger partial charge is 0.300 e. The van der Waals surface area contributed by atoms with Crippen LogP contribution in [0.5, 0.6) is 0 Å². The van der Waals surface area contributed by atoms with E-state index >= 15 is 0 Å². The van der Waals surface area contributed by atoms with Gasteiger partial charge in [0.25, 0.3) is 0 Å². The van der Waals surface area contributed by atoms with E-state index in [0.717, 1.165) is 12.0 Å². The lowest BCUT2D eigenvalue weighted by molar-refractivity contribution is 0.0617. The summed E-state index contributed by atoms with van der Waals surface area (Å²) >= 11 is 3.80. The number of rotatable bonds is 3. The molecule has 2 aliphatic rings. The zero-order chi connectivity index (χ0) is 12.3.